The van der Waals surface area contributed by atoms with Crippen molar-refractivity contribution < 1.29 is 9.53 Å². The van der Waals surface area contributed by atoms with E-state index in [-0.39, 0.29) is 5.97 Å². The third kappa shape index (κ3) is 4.36. The minimum Gasteiger partial charge on any atom is -0.468 e. The highest BCUT2D eigenvalue weighted by Gasteiger charge is 2.39. The van der Waals surface area contributed by atoms with Crippen LogP contribution in [0.3, 0.4) is 0 Å². The van der Waals surface area contributed by atoms with E-state index in [1.54, 1.807) is 0 Å². The minimum absolute atomic E-state index is 0.342. The van der Waals surface area contributed by atoms with Crippen LogP contribution in [0.15, 0.2) is 121 Å². The highest BCUT2D eigenvalue weighted by atomic mass is 32.2. The van der Waals surface area contributed by atoms with Crippen LogP contribution in [0.5, 0.6) is 0 Å². The molecule has 0 saturated carbocycles. The second-order valence-electron chi connectivity index (χ2n) is 8.24. The molecule has 5 heteroatoms. The first-order chi connectivity index (χ1) is 17.2. The van der Waals surface area contributed by atoms with Gasteiger partial charge in [-0.15, -0.1) is 0 Å². The van der Waals surface area contributed by atoms with Gasteiger partial charge in [-0.3, -0.25) is 0 Å². The highest BCUT2D eigenvalue weighted by molar-refractivity contribution is 7.98. The molecule has 0 fully saturated rings. The van der Waals surface area contributed by atoms with Gasteiger partial charge in [-0.1, -0.05) is 121 Å². The van der Waals surface area contributed by atoms with Crippen molar-refractivity contribution in [2.45, 2.75) is 10.8 Å². The van der Waals surface area contributed by atoms with Crippen LogP contribution in [0, 0.1) is 0 Å². The number of benzene rings is 4. The third-order valence-corrected chi connectivity index (χ3v) is 7.61. The predicted octanol–water partition coefficient (Wildman–Crippen LogP) is 6.61. The summed E-state index contributed by atoms with van der Waals surface area (Å²) in [4.78, 5) is 16.4. The molecule has 1 heterocycles. The van der Waals surface area contributed by atoms with Crippen molar-refractivity contribution in [1.29, 1.82) is 0 Å². The molecule has 1 aromatic heterocycles. The number of esters is 1. The van der Waals surface area contributed by atoms with E-state index < -0.39 is 10.8 Å². The zero-order valence-electron chi connectivity index (χ0n) is 19.3. The normalized spacial score (nSPS) is 12.4. The summed E-state index contributed by atoms with van der Waals surface area (Å²) in [6.45, 7) is 0. The minimum atomic E-state index is -0.670. The maximum absolute atomic E-state index is 13.1. The molecule has 5 aromatic rings. The van der Waals surface area contributed by atoms with Crippen LogP contribution in [0.1, 0.15) is 28.3 Å². The van der Waals surface area contributed by atoms with E-state index in [1.807, 2.05) is 85.1 Å². The second kappa shape index (κ2) is 10.2. The molecule has 5 rings (SSSR count). The molecular formula is C30H26N2O2S. The number of aromatic amines is 1. The summed E-state index contributed by atoms with van der Waals surface area (Å²) in [5.41, 5.74) is 5.15. The number of fused-ring (bicyclic) bond motifs is 1. The number of nitrogens with one attached hydrogen (secondary N) is 2. The fourth-order valence-electron chi connectivity index (χ4n) is 4.53. The molecule has 0 unspecified atom stereocenters. The number of H-pyrrole nitrogens is 1. The summed E-state index contributed by atoms with van der Waals surface area (Å²) in [5, 5.41) is 0.987. The lowest BCUT2D eigenvalue weighted by molar-refractivity contribution is -0.142. The Hall–Kier alpha value is -3.80. The lowest BCUT2D eigenvalue weighted by atomic mass is 9.84. The molecule has 0 spiro atoms. The molecular weight excluding hydrogens is 452 g/mol. The fraction of sp³-hybridized carbons (Fsp3) is 0.100. The molecule has 0 radical (unpaired) electrons. The maximum Gasteiger partial charge on any atom is 0.328 e. The van der Waals surface area contributed by atoms with Crippen LogP contribution in [0.4, 0.5) is 0 Å². The van der Waals surface area contributed by atoms with Gasteiger partial charge < -0.3 is 9.72 Å². The Bertz CT molecular complexity index is 1310. The molecule has 0 saturated heterocycles. The van der Waals surface area contributed by atoms with Crippen molar-refractivity contribution in [1.82, 2.24) is 9.71 Å². The standard InChI is InChI=1S/C30H26N2O2S/c1-34-29(33)28(26-21-31-27-20-12-11-19-25(26)27)32-35-30(22-13-5-2-6-14-22,23-15-7-3-8-16-23)24-17-9-4-10-18-24/h2-21,28,31-32H,1H3/t28-/m1/s1. The first-order valence-electron chi connectivity index (χ1n) is 11.5. The van der Waals surface area contributed by atoms with Crippen molar-refractivity contribution in [3.05, 3.63) is 144 Å². The first kappa shape index (κ1) is 23.0. The third-order valence-electron chi connectivity index (χ3n) is 6.24. The molecule has 0 amide bonds. The van der Waals surface area contributed by atoms with Crippen molar-refractivity contribution >= 4 is 28.8 Å². The Morgan fingerprint density at radius 3 is 1.77 bits per heavy atom. The number of hydrogen-bond acceptors (Lipinski definition) is 4. The predicted molar refractivity (Wildman–Crippen MR) is 143 cm³/mol. The SMILES string of the molecule is COC(=O)[C@H](NSC(c1ccccc1)(c1ccccc1)c1ccccc1)c1c[nH]c2ccccc12. The number of hydrogen-bond donors (Lipinski definition) is 2. The number of carbonyl (C=O) groups is 1. The lowest BCUT2D eigenvalue weighted by Gasteiger charge is -2.36. The molecule has 4 nitrogen and oxygen atoms in total. The summed E-state index contributed by atoms with van der Waals surface area (Å²) in [6, 6.07) is 38.5. The van der Waals surface area contributed by atoms with Crippen LogP contribution in [0.25, 0.3) is 10.9 Å². The highest BCUT2D eigenvalue weighted by Crippen LogP contribution is 2.48. The van der Waals surface area contributed by atoms with E-state index in [2.05, 4.69) is 46.1 Å². The number of carbonyl (C=O) groups excluding carboxylic acids is 1. The van der Waals surface area contributed by atoms with Crippen molar-refractivity contribution in [2.75, 3.05) is 7.11 Å². The van der Waals surface area contributed by atoms with Gasteiger partial charge in [-0.05, 0) is 22.8 Å². The van der Waals surface area contributed by atoms with E-state index in [1.165, 1.54) is 19.1 Å². The molecule has 4 aromatic carbocycles. The number of methoxy groups -OCH3 is 1. The zero-order valence-corrected chi connectivity index (χ0v) is 20.2. The number of para-hydroxylation sites is 1. The summed E-state index contributed by atoms with van der Waals surface area (Å²) in [7, 11) is 1.43. The Morgan fingerprint density at radius 1 is 0.771 bits per heavy atom. The maximum atomic E-state index is 13.1. The molecule has 174 valence electrons. The van der Waals surface area contributed by atoms with E-state index in [4.69, 9.17) is 4.74 Å². The Kier molecular flexibility index (Phi) is 6.70. The second-order valence-corrected chi connectivity index (χ2v) is 9.30. The largest absolute Gasteiger partial charge is 0.468 e. The van der Waals surface area contributed by atoms with E-state index in [0.717, 1.165) is 33.2 Å². The Morgan fingerprint density at radius 2 is 1.26 bits per heavy atom. The van der Waals surface area contributed by atoms with Crippen LogP contribution in [-0.2, 0) is 14.3 Å². The van der Waals surface area contributed by atoms with Crippen molar-refractivity contribution in [3.63, 3.8) is 0 Å². The molecule has 1 atom stereocenters. The van der Waals surface area contributed by atoms with Gasteiger partial charge in [0.25, 0.3) is 0 Å². The quantitative estimate of drug-likeness (QED) is 0.150. The molecule has 0 aliphatic rings. The van der Waals surface area contributed by atoms with E-state index in [9.17, 15) is 4.79 Å². The monoisotopic (exact) mass is 478 g/mol. The molecule has 0 aliphatic heterocycles. The summed E-state index contributed by atoms with van der Waals surface area (Å²) in [5.74, 6) is -0.342. The van der Waals surface area contributed by atoms with Crippen molar-refractivity contribution in [3.8, 4) is 0 Å². The summed E-state index contributed by atoms with van der Waals surface area (Å²) in [6.07, 6.45) is 1.88. The van der Waals surface area contributed by atoms with E-state index in [0.29, 0.717) is 0 Å². The summed E-state index contributed by atoms with van der Waals surface area (Å²) >= 11 is 1.52. The van der Waals surface area contributed by atoms with Gasteiger partial charge in [0.05, 0.1) is 7.11 Å². The van der Waals surface area contributed by atoms with Crippen LogP contribution in [-0.4, -0.2) is 18.1 Å². The zero-order chi connectivity index (χ0) is 24.1. The molecule has 2 N–H and O–H groups in total. The summed E-state index contributed by atoms with van der Waals surface area (Å²) < 4.78 is 8.15. The van der Waals surface area contributed by atoms with Gasteiger partial charge in [0, 0.05) is 22.7 Å². The fourth-order valence-corrected chi connectivity index (χ4v) is 5.81. The van der Waals surface area contributed by atoms with Crippen molar-refractivity contribution in [2.24, 2.45) is 0 Å². The van der Waals surface area contributed by atoms with Gasteiger partial charge in [-0.25, -0.2) is 9.52 Å². The first-order valence-corrected chi connectivity index (χ1v) is 12.3. The van der Waals surface area contributed by atoms with Crippen LogP contribution >= 0.6 is 11.9 Å². The average molecular weight is 479 g/mol. The molecule has 0 bridgehead atoms. The molecule has 0 aliphatic carbocycles. The Labute approximate surface area is 209 Å². The average Bonchev–Trinajstić information content (AvgIpc) is 3.36. The topological polar surface area (TPSA) is 54.1 Å². The Balaban J connectivity index is 1.65. The van der Waals surface area contributed by atoms with Gasteiger partial charge in [0.2, 0.25) is 0 Å². The van der Waals surface area contributed by atoms with Gasteiger partial charge in [0.1, 0.15) is 10.8 Å². The van der Waals surface area contributed by atoms with Gasteiger partial charge in [0.15, 0.2) is 0 Å². The number of ether oxygens (including phenoxy) is 1. The molecule has 35 heavy (non-hydrogen) atoms. The van der Waals surface area contributed by atoms with E-state index >= 15 is 0 Å². The number of aromatic nitrogens is 1. The van der Waals surface area contributed by atoms with Gasteiger partial charge in [-0.2, -0.15) is 0 Å². The van der Waals surface area contributed by atoms with Crippen LogP contribution < -0.4 is 4.72 Å². The smallest absolute Gasteiger partial charge is 0.328 e. The number of rotatable bonds is 8. The van der Waals surface area contributed by atoms with Crippen LogP contribution in [0.2, 0.25) is 0 Å². The van der Waals surface area contributed by atoms with Gasteiger partial charge >= 0.3 is 5.97 Å². The lowest BCUT2D eigenvalue weighted by Crippen LogP contribution is -2.33.